The number of aromatic nitrogens is 2. The first kappa shape index (κ1) is 18.1. The zero-order chi connectivity index (χ0) is 18.9. The molecule has 2 atom stereocenters. The molecular formula is C19H18F3N3O. The second kappa shape index (κ2) is 6.92. The average Bonchev–Trinajstić information content (AvgIpc) is 2.61. The van der Waals surface area contributed by atoms with Gasteiger partial charge in [0.05, 0.1) is 22.5 Å². The molecule has 4 nitrogen and oxygen atoms in total. The van der Waals surface area contributed by atoms with E-state index in [0.717, 1.165) is 6.07 Å². The Kier molecular flexibility index (Phi) is 4.82. The number of H-pyrrole nitrogens is 1. The molecule has 2 N–H and O–H groups in total. The van der Waals surface area contributed by atoms with Gasteiger partial charge in [0.1, 0.15) is 5.82 Å². The van der Waals surface area contributed by atoms with Crippen LogP contribution in [0.1, 0.15) is 42.9 Å². The number of fused-ring (bicyclic) bond motifs is 1. The van der Waals surface area contributed by atoms with Crippen molar-refractivity contribution in [1.29, 1.82) is 0 Å². The first-order valence-corrected chi connectivity index (χ1v) is 8.18. The number of nitrogens with one attached hydrogen (secondary N) is 2. The maximum atomic E-state index is 13.2. The molecule has 0 aliphatic heterocycles. The lowest BCUT2D eigenvalue weighted by Gasteiger charge is -2.23. The lowest BCUT2D eigenvalue weighted by molar-refractivity contribution is -0.138. The van der Waals surface area contributed by atoms with Crippen LogP contribution in [0.15, 0.2) is 53.3 Å². The van der Waals surface area contributed by atoms with E-state index in [0.29, 0.717) is 16.7 Å². The van der Waals surface area contributed by atoms with Crippen LogP contribution in [0.4, 0.5) is 13.2 Å². The number of nitrogens with zero attached hydrogens (tertiary/aromatic N) is 1. The fraction of sp³-hybridized carbons (Fsp3) is 0.263. The highest BCUT2D eigenvalue weighted by Crippen LogP contribution is 2.34. The molecule has 3 rings (SSSR count). The number of aromatic amines is 1. The Morgan fingerprint density at radius 1 is 1.00 bits per heavy atom. The molecular weight excluding hydrogens is 343 g/mol. The van der Waals surface area contributed by atoms with E-state index in [-0.39, 0.29) is 11.1 Å². The maximum Gasteiger partial charge on any atom is 0.416 e. The SMILES string of the molecule is CC(NC(C)c1ccccc1C(F)(F)F)c1nc2ccccc2c(=O)[nH]1. The number of benzene rings is 2. The lowest BCUT2D eigenvalue weighted by atomic mass is 10.0. The van der Waals surface area contributed by atoms with Gasteiger partial charge in [-0.25, -0.2) is 4.98 Å². The molecule has 0 bridgehead atoms. The largest absolute Gasteiger partial charge is 0.416 e. The minimum atomic E-state index is -4.43. The fourth-order valence-electron chi connectivity index (χ4n) is 2.99. The fourth-order valence-corrected chi connectivity index (χ4v) is 2.99. The Bertz CT molecular complexity index is 981. The van der Waals surface area contributed by atoms with E-state index in [1.807, 2.05) is 0 Å². The number of alkyl halides is 3. The molecule has 0 aliphatic carbocycles. The van der Waals surface area contributed by atoms with E-state index in [9.17, 15) is 18.0 Å². The van der Waals surface area contributed by atoms with Crippen molar-refractivity contribution in [2.45, 2.75) is 32.1 Å². The number of para-hydroxylation sites is 1. The summed E-state index contributed by atoms with van der Waals surface area (Å²) in [4.78, 5) is 19.3. The van der Waals surface area contributed by atoms with Crippen molar-refractivity contribution >= 4 is 10.9 Å². The minimum Gasteiger partial charge on any atom is -0.309 e. The van der Waals surface area contributed by atoms with Gasteiger partial charge in [-0.05, 0) is 37.6 Å². The molecule has 3 aromatic rings. The maximum absolute atomic E-state index is 13.2. The highest BCUT2D eigenvalue weighted by molar-refractivity contribution is 5.77. The molecule has 0 fully saturated rings. The topological polar surface area (TPSA) is 57.8 Å². The predicted octanol–water partition coefficient (Wildman–Crippen LogP) is 4.35. The molecule has 0 saturated carbocycles. The van der Waals surface area contributed by atoms with E-state index in [4.69, 9.17) is 0 Å². The zero-order valence-electron chi connectivity index (χ0n) is 14.3. The molecule has 0 saturated heterocycles. The average molecular weight is 361 g/mol. The van der Waals surface area contributed by atoms with Crippen LogP contribution in [-0.2, 0) is 6.18 Å². The van der Waals surface area contributed by atoms with Crippen LogP contribution in [0.3, 0.4) is 0 Å². The highest BCUT2D eigenvalue weighted by atomic mass is 19.4. The van der Waals surface area contributed by atoms with Crippen LogP contribution in [-0.4, -0.2) is 9.97 Å². The van der Waals surface area contributed by atoms with Crippen molar-refractivity contribution in [1.82, 2.24) is 15.3 Å². The number of rotatable bonds is 4. The van der Waals surface area contributed by atoms with Gasteiger partial charge in [-0.2, -0.15) is 13.2 Å². The summed E-state index contributed by atoms with van der Waals surface area (Å²) in [6.07, 6.45) is -4.43. The van der Waals surface area contributed by atoms with E-state index in [2.05, 4.69) is 15.3 Å². The van der Waals surface area contributed by atoms with Crippen LogP contribution in [0.25, 0.3) is 10.9 Å². The first-order valence-electron chi connectivity index (χ1n) is 8.18. The van der Waals surface area contributed by atoms with Gasteiger partial charge in [-0.3, -0.25) is 4.79 Å². The molecule has 1 aromatic heterocycles. The Morgan fingerprint density at radius 2 is 1.65 bits per heavy atom. The second-order valence-electron chi connectivity index (χ2n) is 6.16. The highest BCUT2D eigenvalue weighted by Gasteiger charge is 2.34. The molecule has 0 radical (unpaired) electrons. The smallest absolute Gasteiger partial charge is 0.309 e. The summed E-state index contributed by atoms with van der Waals surface area (Å²) in [7, 11) is 0. The third-order valence-electron chi connectivity index (χ3n) is 4.27. The Balaban J connectivity index is 1.89. The molecule has 136 valence electrons. The number of halogens is 3. The number of hydrogen-bond donors (Lipinski definition) is 2. The van der Waals surface area contributed by atoms with Crippen molar-refractivity contribution in [3.05, 3.63) is 75.8 Å². The minimum absolute atomic E-state index is 0.148. The van der Waals surface area contributed by atoms with Gasteiger partial charge in [-0.15, -0.1) is 0 Å². The van der Waals surface area contributed by atoms with Gasteiger partial charge in [0.15, 0.2) is 0 Å². The second-order valence-corrected chi connectivity index (χ2v) is 6.16. The zero-order valence-corrected chi connectivity index (χ0v) is 14.3. The molecule has 2 aromatic carbocycles. The van der Waals surface area contributed by atoms with Gasteiger partial charge < -0.3 is 10.3 Å². The molecule has 0 amide bonds. The molecule has 2 unspecified atom stereocenters. The molecule has 7 heteroatoms. The van der Waals surface area contributed by atoms with E-state index in [1.54, 1.807) is 44.2 Å². The van der Waals surface area contributed by atoms with Crippen LogP contribution in [0.2, 0.25) is 0 Å². The summed E-state index contributed by atoms with van der Waals surface area (Å²) in [5.41, 5.74) is -0.256. The van der Waals surface area contributed by atoms with E-state index < -0.39 is 23.8 Å². The molecule has 0 aliphatic rings. The molecule has 26 heavy (non-hydrogen) atoms. The van der Waals surface area contributed by atoms with Gasteiger partial charge >= 0.3 is 6.18 Å². The van der Waals surface area contributed by atoms with Crippen molar-refractivity contribution in [2.75, 3.05) is 0 Å². The van der Waals surface area contributed by atoms with Crippen molar-refractivity contribution in [3.63, 3.8) is 0 Å². The summed E-state index contributed by atoms with van der Waals surface area (Å²) in [5, 5.41) is 3.56. The number of hydrogen-bond acceptors (Lipinski definition) is 3. The summed E-state index contributed by atoms with van der Waals surface area (Å²) in [6, 6.07) is 11.3. The van der Waals surface area contributed by atoms with E-state index >= 15 is 0 Å². The van der Waals surface area contributed by atoms with Gasteiger partial charge in [-0.1, -0.05) is 30.3 Å². The third kappa shape index (κ3) is 3.62. The quantitative estimate of drug-likeness (QED) is 0.726. The van der Waals surface area contributed by atoms with Crippen LogP contribution >= 0.6 is 0 Å². The standard InChI is InChI=1S/C19H18F3N3O/c1-11(13-7-3-5-9-15(13)19(20,21)22)23-12(2)17-24-16-10-6-4-8-14(16)18(26)25-17/h3-12,23H,1-2H3,(H,24,25,26). The van der Waals surface area contributed by atoms with Crippen molar-refractivity contribution < 1.29 is 13.2 Å². The Labute approximate surface area is 148 Å². The molecule has 0 spiro atoms. The summed E-state index contributed by atoms with van der Waals surface area (Å²) < 4.78 is 39.6. The van der Waals surface area contributed by atoms with Crippen LogP contribution in [0, 0.1) is 0 Å². The van der Waals surface area contributed by atoms with Gasteiger partial charge in [0.25, 0.3) is 5.56 Å². The summed E-state index contributed by atoms with van der Waals surface area (Å²) in [6.45, 7) is 3.40. The first-order chi connectivity index (χ1) is 12.3. The van der Waals surface area contributed by atoms with E-state index in [1.165, 1.54) is 12.1 Å². The molecule has 1 heterocycles. The third-order valence-corrected chi connectivity index (χ3v) is 4.27. The van der Waals surface area contributed by atoms with Crippen molar-refractivity contribution in [2.24, 2.45) is 0 Å². The lowest BCUT2D eigenvalue weighted by Crippen LogP contribution is -2.27. The predicted molar refractivity (Wildman–Crippen MR) is 93.8 cm³/mol. The Morgan fingerprint density at radius 3 is 2.38 bits per heavy atom. The van der Waals surface area contributed by atoms with Gasteiger partial charge in [0, 0.05) is 6.04 Å². The Hall–Kier alpha value is -2.67. The normalized spacial score (nSPS) is 14.3. The van der Waals surface area contributed by atoms with Crippen LogP contribution in [0.5, 0.6) is 0 Å². The summed E-state index contributed by atoms with van der Waals surface area (Å²) in [5.74, 6) is 0.380. The van der Waals surface area contributed by atoms with Gasteiger partial charge in [0.2, 0.25) is 0 Å². The van der Waals surface area contributed by atoms with Crippen LogP contribution < -0.4 is 10.9 Å². The summed E-state index contributed by atoms with van der Waals surface area (Å²) >= 11 is 0. The van der Waals surface area contributed by atoms with Crippen molar-refractivity contribution in [3.8, 4) is 0 Å². The monoisotopic (exact) mass is 361 g/mol.